The second-order valence-electron chi connectivity index (χ2n) is 7.71. The van der Waals surface area contributed by atoms with Gasteiger partial charge >= 0.3 is 0 Å². The topological polar surface area (TPSA) is 105 Å². The van der Waals surface area contributed by atoms with E-state index in [1.165, 1.54) is 0 Å². The molecule has 0 aromatic carbocycles. The summed E-state index contributed by atoms with van der Waals surface area (Å²) < 4.78 is 11.1. The van der Waals surface area contributed by atoms with E-state index < -0.39 is 0 Å². The van der Waals surface area contributed by atoms with Crippen LogP contribution in [-0.4, -0.2) is 53.5 Å². The van der Waals surface area contributed by atoms with Gasteiger partial charge in [-0.25, -0.2) is 4.98 Å². The highest BCUT2D eigenvalue weighted by atomic mass is 35.5. The van der Waals surface area contributed by atoms with Crippen LogP contribution in [0.25, 0.3) is 22.3 Å². The van der Waals surface area contributed by atoms with E-state index in [2.05, 4.69) is 39.4 Å². The van der Waals surface area contributed by atoms with Gasteiger partial charge in [0.05, 0.1) is 18.4 Å². The monoisotopic (exact) mass is 491 g/mol. The minimum absolute atomic E-state index is 0.174. The van der Waals surface area contributed by atoms with Crippen molar-refractivity contribution in [2.24, 2.45) is 5.92 Å². The molecule has 9 heteroatoms. The molecule has 3 aromatic rings. The molecule has 3 heterocycles. The molecule has 0 aliphatic carbocycles. The number of hydrogen-bond acceptors (Lipinski definition) is 8. The van der Waals surface area contributed by atoms with Crippen LogP contribution < -0.4 is 10.6 Å². The van der Waals surface area contributed by atoms with Gasteiger partial charge in [-0.3, -0.25) is 4.98 Å². The van der Waals surface area contributed by atoms with Gasteiger partial charge in [-0.1, -0.05) is 45.7 Å². The molecule has 0 saturated carbocycles. The first-order valence-electron chi connectivity index (χ1n) is 12.1. The fourth-order valence-corrected chi connectivity index (χ4v) is 3.82. The van der Waals surface area contributed by atoms with Crippen LogP contribution in [0.2, 0.25) is 5.15 Å². The standard InChI is InChI=1S/C23H32ClN5O3.C2H6/c1-4-6-15(14-30)7-8-25-22-20(21(24)28-23(29-22)26-9-10-31-3)18-12-16-11-17(5-2)27-13-19(16)32-18;1-2/h11-13,15,30H,4-10,14H2,1-3H3,(H2,25,26,28,29);1-2H3/t15-;/m0./s1. The third-order valence-electron chi connectivity index (χ3n) is 5.32. The van der Waals surface area contributed by atoms with Gasteiger partial charge in [-0.15, -0.1) is 0 Å². The minimum atomic E-state index is 0.174. The summed E-state index contributed by atoms with van der Waals surface area (Å²) in [4.78, 5) is 13.5. The van der Waals surface area contributed by atoms with E-state index in [1.54, 1.807) is 13.3 Å². The van der Waals surface area contributed by atoms with Crippen molar-refractivity contribution in [2.45, 2.75) is 53.4 Å². The van der Waals surface area contributed by atoms with Gasteiger partial charge < -0.3 is 24.9 Å². The molecule has 1 atom stereocenters. The number of hydrogen-bond donors (Lipinski definition) is 3. The molecule has 0 unspecified atom stereocenters. The number of halogens is 1. The van der Waals surface area contributed by atoms with Crippen LogP contribution >= 0.6 is 11.6 Å². The number of nitrogens with zero attached hydrogens (tertiary/aromatic N) is 3. The Bertz CT molecular complexity index is 1010. The predicted molar refractivity (Wildman–Crippen MR) is 140 cm³/mol. The predicted octanol–water partition coefficient (Wildman–Crippen LogP) is 5.80. The number of pyridine rings is 1. The van der Waals surface area contributed by atoms with Gasteiger partial charge in [0.2, 0.25) is 5.95 Å². The summed E-state index contributed by atoms with van der Waals surface area (Å²) in [6.07, 6.45) is 5.42. The van der Waals surface area contributed by atoms with Crippen LogP contribution in [0, 0.1) is 5.92 Å². The van der Waals surface area contributed by atoms with Crippen molar-refractivity contribution < 1.29 is 14.3 Å². The normalized spacial score (nSPS) is 11.7. The SMILES string of the molecule is CC.CCC[C@H](CO)CCNc1nc(NCCOC)nc(Cl)c1-c1cc2cc(CC)ncc2o1. The molecule has 0 spiro atoms. The molecule has 0 bridgehead atoms. The van der Waals surface area contributed by atoms with Gasteiger partial charge in [0.25, 0.3) is 0 Å². The van der Waals surface area contributed by atoms with E-state index in [0.29, 0.717) is 48.4 Å². The molecule has 0 aliphatic rings. The highest BCUT2D eigenvalue weighted by Crippen LogP contribution is 2.37. The van der Waals surface area contributed by atoms with Gasteiger partial charge in [0.15, 0.2) is 5.58 Å². The summed E-state index contributed by atoms with van der Waals surface area (Å²) in [5.41, 5.74) is 2.29. The van der Waals surface area contributed by atoms with Gasteiger partial charge in [0.1, 0.15) is 16.7 Å². The summed E-state index contributed by atoms with van der Waals surface area (Å²) >= 11 is 6.61. The molecule has 0 radical (unpaired) electrons. The third kappa shape index (κ3) is 7.55. The molecular weight excluding hydrogens is 454 g/mol. The highest BCUT2D eigenvalue weighted by Gasteiger charge is 2.20. The fourth-order valence-electron chi connectivity index (χ4n) is 3.56. The first-order chi connectivity index (χ1) is 16.6. The maximum atomic E-state index is 9.60. The summed E-state index contributed by atoms with van der Waals surface area (Å²) in [5.74, 6) is 1.83. The van der Waals surface area contributed by atoms with E-state index in [1.807, 2.05) is 26.0 Å². The Kier molecular flexibility index (Phi) is 12.1. The third-order valence-corrected chi connectivity index (χ3v) is 5.60. The number of fused-ring (bicyclic) bond motifs is 1. The molecule has 34 heavy (non-hydrogen) atoms. The Morgan fingerprint density at radius 3 is 2.59 bits per heavy atom. The van der Waals surface area contributed by atoms with Crippen LogP contribution in [-0.2, 0) is 11.2 Å². The fraction of sp³-hybridized carbons (Fsp3) is 0.560. The summed E-state index contributed by atoms with van der Waals surface area (Å²) in [6, 6.07) is 3.96. The van der Waals surface area contributed by atoms with Crippen molar-refractivity contribution in [1.29, 1.82) is 0 Å². The Morgan fingerprint density at radius 2 is 1.91 bits per heavy atom. The minimum Gasteiger partial charge on any atom is -0.454 e. The zero-order valence-corrected chi connectivity index (χ0v) is 21.7. The second kappa shape index (κ2) is 14.8. The second-order valence-corrected chi connectivity index (χ2v) is 8.07. The Hall–Kier alpha value is -2.42. The smallest absolute Gasteiger partial charge is 0.226 e. The average Bonchev–Trinajstić information content (AvgIpc) is 3.27. The number of aryl methyl sites for hydroxylation is 1. The molecule has 188 valence electrons. The summed E-state index contributed by atoms with van der Waals surface area (Å²) in [6.45, 7) is 10.1. The molecule has 3 N–H and O–H groups in total. The lowest BCUT2D eigenvalue weighted by atomic mass is 10.0. The van der Waals surface area contributed by atoms with Crippen molar-refractivity contribution in [2.75, 3.05) is 44.0 Å². The van der Waals surface area contributed by atoms with E-state index in [-0.39, 0.29) is 17.7 Å². The quantitative estimate of drug-likeness (QED) is 0.203. The van der Waals surface area contributed by atoms with Gasteiger partial charge in [-0.2, -0.15) is 4.98 Å². The number of aromatic nitrogens is 3. The van der Waals surface area contributed by atoms with Crippen molar-refractivity contribution in [3.8, 4) is 11.3 Å². The van der Waals surface area contributed by atoms with Crippen LogP contribution in [0.5, 0.6) is 0 Å². The van der Waals surface area contributed by atoms with Crippen LogP contribution in [0.1, 0.15) is 52.7 Å². The maximum Gasteiger partial charge on any atom is 0.226 e. The molecule has 3 aromatic heterocycles. The number of ether oxygens (including phenoxy) is 1. The molecule has 8 nitrogen and oxygen atoms in total. The highest BCUT2D eigenvalue weighted by molar-refractivity contribution is 6.32. The van der Waals surface area contributed by atoms with E-state index in [0.717, 1.165) is 36.8 Å². The lowest BCUT2D eigenvalue weighted by Gasteiger charge is -2.16. The average molecular weight is 492 g/mol. The van der Waals surface area contributed by atoms with Crippen molar-refractivity contribution >= 4 is 34.3 Å². The lowest BCUT2D eigenvalue weighted by Crippen LogP contribution is -2.15. The number of nitrogens with one attached hydrogen (secondary N) is 2. The Morgan fingerprint density at radius 1 is 1.12 bits per heavy atom. The zero-order valence-electron chi connectivity index (χ0n) is 20.9. The van der Waals surface area contributed by atoms with Crippen molar-refractivity contribution in [3.63, 3.8) is 0 Å². The molecule has 0 aliphatic heterocycles. The van der Waals surface area contributed by atoms with E-state index in [9.17, 15) is 5.11 Å². The first-order valence-corrected chi connectivity index (χ1v) is 12.5. The number of methoxy groups -OCH3 is 1. The number of rotatable bonds is 13. The largest absolute Gasteiger partial charge is 0.454 e. The lowest BCUT2D eigenvalue weighted by molar-refractivity contribution is 0.210. The van der Waals surface area contributed by atoms with Crippen LogP contribution in [0.3, 0.4) is 0 Å². The molecule has 3 rings (SSSR count). The molecular formula is C25H38ClN5O3. The number of aliphatic hydroxyl groups is 1. The van der Waals surface area contributed by atoms with E-state index in [4.69, 9.17) is 20.8 Å². The van der Waals surface area contributed by atoms with Crippen LogP contribution in [0.15, 0.2) is 22.7 Å². The number of furan rings is 1. The summed E-state index contributed by atoms with van der Waals surface area (Å²) in [7, 11) is 1.64. The summed E-state index contributed by atoms with van der Waals surface area (Å²) in [5, 5.41) is 17.4. The Labute approximate surface area is 207 Å². The number of anilines is 2. The van der Waals surface area contributed by atoms with Gasteiger partial charge in [0, 0.05) is 37.9 Å². The molecule has 0 saturated heterocycles. The van der Waals surface area contributed by atoms with Gasteiger partial charge in [-0.05, 0) is 37.3 Å². The van der Waals surface area contributed by atoms with Crippen molar-refractivity contribution in [3.05, 3.63) is 29.2 Å². The van der Waals surface area contributed by atoms with E-state index >= 15 is 0 Å². The maximum absolute atomic E-state index is 9.60. The molecule has 0 amide bonds. The number of aliphatic hydroxyl groups excluding tert-OH is 1. The zero-order chi connectivity index (χ0) is 24.9. The Balaban J connectivity index is 0.00000199. The molecule has 0 fully saturated rings. The van der Waals surface area contributed by atoms with Crippen molar-refractivity contribution in [1.82, 2.24) is 15.0 Å². The first kappa shape index (κ1) is 27.8. The van der Waals surface area contributed by atoms with Crippen LogP contribution in [0.4, 0.5) is 11.8 Å².